The molecule has 8 heteroatoms. The fourth-order valence-corrected chi connectivity index (χ4v) is 3.04. The Morgan fingerprint density at radius 2 is 1.90 bits per heavy atom. The summed E-state index contributed by atoms with van der Waals surface area (Å²) >= 11 is 11.5. The van der Waals surface area contributed by atoms with Gasteiger partial charge in [-0.2, -0.15) is 0 Å². The summed E-state index contributed by atoms with van der Waals surface area (Å²) in [6.07, 6.45) is -0.196. The van der Waals surface area contributed by atoms with E-state index < -0.39 is 21.3 Å². The standard InChI is InChI=1S/C13H17Cl2NO4S/c1-13(2,18)8-16-12(17)5-6-21(19,20)9-3-4-10(14)11(15)7-9/h3-4,7,18H,5-6,8H2,1-2H3,(H,16,17). The van der Waals surface area contributed by atoms with Crippen molar-refractivity contribution in [3.8, 4) is 0 Å². The van der Waals surface area contributed by atoms with E-state index in [-0.39, 0.29) is 33.7 Å². The van der Waals surface area contributed by atoms with Crippen LogP contribution in [0.4, 0.5) is 0 Å². The van der Waals surface area contributed by atoms with Crippen molar-refractivity contribution in [2.45, 2.75) is 30.8 Å². The van der Waals surface area contributed by atoms with Crippen molar-refractivity contribution >= 4 is 38.9 Å². The number of amides is 1. The van der Waals surface area contributed by atoms with Crippen molar-refractivity contribution in [1.82, 2.24) is 5.32 Å². The molecule has 5 nitrogen and oxygen atoms in total. The first-order chi connectivity index (χ1) is 9.51. The number of aliphatic hydroxyl groups is 1. The molecule has 0 aliphatic carbocycles. The molecule has 0 atom stereocenters. The molecule has 21 heavy (non-hydrogen) atoms. The van der Waals surface area contributed by atoms with Crippen molar-refractivity contribution in [2.75, 3.05) is 12.3 Å². The predicted octanol–water partition coefficient (Wildman–Crippen LogP) is 2.04. The Bertz CT molecular complexity index is 624. The number of hydrogen-bond acceptors (Lipinski definition) is 4. The lowest BCUT2D eigenvalue weighted by Crippen LogP contribution is -2.38. The van der Waals surface area contributed by atoms with E-state index in [9.17, 15) is 18.3 Å². The van der Waals surface area contributed by atoms with Crippen LogP contribution in [0.15, 0.2) is 23.1 Å². The van der Waals surface area contributed by atoms with Gasteiger partial charge in [0.25, 0.3) is 0 Å². The fraction of sp³-hybridized carbons (Fsp3) is 0.462. The van der Waals surface area contributed by atoms with Gasteiger partial charge in [0.1, 0.15) is 0 Å². The monoisotopic (exact) mass is 353 g/mol. The molecule has 0 heterocycles. The Morgan fingerprint density at radius 1 is 1.29 bits per heavy atom. The van der Waals surface area contributed by atoms with E-state index in [1.165, 1.54) is 18.2 Å². The highest BCUT2D eigenvalue weighted by atomic mass is 35.5. The topological polar surface area (TPSA) is 83.5 Å². The summed E-state index contributed by atoms with van der Waals surface area (Å²) in [6.45, 7) is 3.14. The minimum atomic E-state index is -3.61. The maximum atomic E-state index is 12.1. The van der Waals surface area contributed by atoms with Crippen molar-refractivity contribution in [1.29, 1.82) is 0 Å². The molecule has 1 aromatic rings. The lowest BCUT2D eigenvalue weighted by atomic mass is 10.1. The second kappa shape index (κ2) is 6.96. The molecule has 1 amide bonds. The molecule has 0 unspecified atom stereocenters. The van der Waals surface area contributed by atoms with Gasteiger partial charge in [-0.05, 0) is 32.0 Å². The van der Waals surface area contributed by atoms with Crippen molar-refractivity contribution in [2.24, 2.45) is 0 Å². The molecule has 0 saturated carbocycles. The van der Waals surface area contributed by atoms with Gasteiger partial charge in [-0.3, -0.25) is 4.79 Å². The third kappa shape index (κ3) is 6.22. The Kier molecular flexibility index (Phi) is 6.04. The van der Waals surface area contributed by atoms with Crippen molar-refractivity contribution in [3.63, 3.8) is 0 Å². The van der Waals surface area contributed by atoms with Gasteiger partial charge in [0.15, 0.2) is 9.84 Å². The first kappa shape index (κ1) is 18.2. The van der Waals surface area contributed by atoms with Crippen LogP contribution in [-0.4, -0.2) is 37.3 Å². The van der Waals surface area contributed by atoms with Crippen LogP contribution >= 0.6 is 23.2 Å². The van der Waals surface area contributed by atoms with Crippen LogP contribution in [0, 0.1) is 0 Å². The lowest BCUT2D eigenvalue weighted by Gasteiger charge is -2.17. The molecule has 0 spiro atoms. The van der Waals surface area contributed by atoms with Gasteiger partial charge >= 0.3 is 0 Å². The maximum absolute atomic E-state index is 12.1. The van der Waals surface area contributed by atoms with Gasteiger partial charge in [0, 0.05) is 13.0 Å². The summed E-state index contributed by atoms with van der Waals surface area (Å²) < 4.78 is 24.1. The van der Waals surface area contributed by atoms with E-state index >= 15 is 0 Å². The van der Waals surface area contributed by atoms with E-state index in [0.29, 0.717) is 0 Å². The number of carbonyl (C=O) groups excluding carboxylic acids is 1. The Morgan fingerprint density at radius 3 is 2.43 bits per heavy atom. The second-order valence-electron chi connectivity index (χ2n) is 5.23. The highest BCUT2D eigenvalue weighted by Crippen LogP contribution is 2.25. The number of rotatable bonds is 6. The first-order valence-corrected chi connectivity index (χ1v) is 8.59. The molecule has 2 N–H and O–H groups in total. The molecule has 0 bridgehead atoms. The first-order valence-electron chi connectivity index (χ1n) is 6.18. The zero-order valence-corrected chi connectivity index (χ0v) is 14.0. The van der Waals surface area contributed by atoms with Gasteiger partial charge in [-0.25, -0.2) is 8.42 Å². The minimum absolute atomic E-state index is 0.0205. The molecular formula is C13H17Cl2NO4S. The summed E-state index contributed by atoms with van der Waals surface area (Å²) in [7, 11) is -3.61. The lowest BCUT2D eigenvalue weighted by molar-refractivity contribution is -0.121. The summed E-state index contributed by atoms with van der Waals surface area (Å²) in [5.41, 5.74) is -1.04. The van der Waals surface area contributed by atoms with E-state index in [1.807, 2.05) is 0 Å². The van der Waals surface area contributed by atoms with E-state index in [0.717, 1.165) is 0 Å². The van der Waals surface area contributed by atoms with E-state index in [4.69, 9.17) is 23.2 Å². The average Bonchev–Trinajstić information content (AvgIpc) is 2.36. The summed E-state index contributed by atoms with van der Waals surface area (Å²) in [6, 6.07) is 4.00. The minimum Gasteiger partial charge on any atom is -0.389 e. The summed E-state index contributed by atoms with van der Waals surface area (Å²) in [5.74, 6) is -0.788. The predicted molar refractivity (Wildman–Crippen MR) is 82.4 cm³/mol. The van der Waals surface area contributed by atoms with Crippen molar-refractivity contribution in [3.05, 3.63) is 28.2 Å². The molecule has 1 aromatic carbocycles. The number of sulfone groups is 1. The number of hydrogen-bond donors (Lipinski definition) is 2. The maximum Gasteiger partial charge on any atom is 0.221 e. The van der Waals surface area contributed by atoms with Gasteiger partial charge in [0.05, 0.1) is 26.3 Å². The normalized spacial score (nSPS) is 12.2. The van der Waals surface area contributed by atoms with Gasteiger partial charge in [-0.15, -0.1) is 0 Å². The largest absolute Gasteiger partial charge is 0.389 e. The molecule has 0 saturated heterocycles. The van der Waals surface area contributed by atoms with Crippen LogP contribution in [0.2, 0.25) is 10.0 Å². The molecule has 0 radical (unpaired) electrons. The highest BCUT2D eigenvalue weighted by molar-refractivity contribution is 7.91. The molecule has 0 aliphatic heterocycles. The second-order valence-corrected chi connectivity index (χ2v) is 8.16. The van der Waals surface area contributed by atoms with Crippen LogP contribution in [0.1, 0.15) is 20.3 Å². The van der Waals surface area contributed by atoms with Crippen molar-refractivity contribution < 1.29 is 18.3 Å². The van der Waals surface area contributed by atoms with Gasteiger partial charge in [0.2, 0.25) is 5.91 Å². The van der Waals surface area contributed by atoms with E-state index in [2.05, 4.69) is 5.32 Å². The third-order valence-electron chi connectivity index (χ3n) is 2.57. The van der Waals surface area contributed by atoms with Crippen LogP contribution in [0.3, 0.4) is 0 Å². The molecule has 0 aromatic heterocycles. The van der Waals surface area contributed by atoms with Crippen LogP contribution in [0.5, 0.6) is 0 Å². The summed E-state index contributed by atoms with van der Waals surface area (Å²) in [5, 5.41) is 12.3. The number of halogens is 2. The third-order valence-corrected chi connectivity index (χ3v) is 5.02. The molecule has 0 aliphatic rings. The molecular weight excluding hydrogens is 337 g/mol. The zero-order valence-electron chi connectivity index (χ0n) is 11.7. The smallest absolute Gasteiger partial charge is 0.221 e. The van der Waals surface area contributed by atoms with Crippen LogP contribution in [0.25, 0.3) is 0 Å². The number of carbonyl (C=O) groups is 1. The van der Waals surface area contributed by atoms with Crippen LogP contribution in [-0.2, 0) is 14.6 Å². The summed E-state index contributed by atoms with van der Waals surface area (Å²) in [4.78, 5) is 11.6. The molecule has 118 valence electrons. The molecule has 1 rings (SSSR count). The molecule has 0 fully saturated rings. The van der Waals surface area contributed by atoms with E-state index in [1.54, 1.807) is 13.8 Å². The Balaban J connectivity index is 2.65. The zero-order chi connectivity index (χ0) is 16.3. The van der Waals surface area contributed by atoms with Gasteiger partial charge < -0.3 is 10.4 Å². The SMILES string of the molecule is CC(C)(O)CNC(=O)CCS(=O)(=O)c1ccc(Cl)c(Cl)c1. The average molecular weight is 354 g/mol. The quantitative estimate of drug-likeness (QED) is 0.819. The Hall–Kier alpha value is -0.820. The van der Waals surface area contributed by atoms with Gasteiger partial charge in [-0.1, -0.05) is 23.2 Å². The van der Waals surface area contributed by atoms with Crippen LogP contribution < -0.4 is 5.32 Å². The Labute approximate surface area is 134 Å². The number of nitrogens with one attached hydrogen (secondary N) is 1. The fourth-order valence-electron chi connectivity index (χ4n) is 1.42. The number of benzene rings is 1. The highest BCUT2D eigenvalue weighted by Gasteiger charge is 2.19.